The fourth-order valence-electron chi connectivity index (χ4n) is 2.83. The first-order chi connectivity index (χ1) is 10.1. The minimum absolute atomic E-state index is 0.0651. The molecule has 1 saturated carbocycles. The predicted molar refractivity (Wildman–Crippen MR) is 83.1 cm³/mol. The third kappa shape index (κ3) is 4.56. The molecule has 21 heavy (non-hydrogen) atoms. The maximum atomic E-state index is 12.1. The normalized spacial score (nSPS) is 15.9. The Labute approximate surface area is 125 Å². The Morgan fingerprint density at radius 1 is 1.29 bits per heavy atom. The zero-order chi connectivity index (χ0) is 15.2. The van der Waals surface area contributed by atoms with Crippen LogP contribution in [0, 0.1) is 0 Å². The molecule has 0 unspecified atom stereocenters. The summed E-state index contributed by atoms with van der Waals surface area (Å²) in [6.07, 6.45) is 6.13. The molecule has 0 bridgehead atoms. The fourth-order valence-corrected chi connectivity index (χ4v) is 2.83. The van der Waals surface area contributed by atoms with Gasteiger partial charge < -0.3 is 11.1 Å². The molecule has 0 aliphatic heterocycles. The zero-order valence-electron chi connectivity index (χ0n) is 12.5. The van der Waals surface area contributed by atoms with Crippen LogP contribution in [0.5, 0.6) is 0 Å². The van der Waals surface area contributed by atoms with Crippen LogP contribution in [0.3, 0.4) is 0 Å². The zero-order valence-corrected chi connectivity index (χ0v) is 12.5. The summed E-state index contributed by atoms with van der Waals surface area (Å²) in [6, 6.07) is 7.19. The van der Waals surface area contributed by atoms with Crippen molar-refractivity contribution in [2.75, 3.05) is 18.9 Å². The average molecular weight is 289 g/mol. The van der Waals surface area contributed by atoms with E-state index in [2.05, 4.69) is 10.2 Å². The fraction of sp³-hybridized carbons (Fsp3) is 0.500. The molecule has 0 radical (unpaired) electrons. The summed E-state index contributed by atoms with van der Waals surface area (Å²) in [4.78, 5) is 25.3. The number of nitrogens with two attached hydrogens (primary N) is 1. The Morgan fingerprint density at radius 3 is 2.67 bits per heavy atom. The van der Waals surface area contributed by atoms with Gasteiger partial charge in [0.05, 0.1) is 6.54 Å². The third-order valence-electron chi connectivity index (χ3n) is 4.02. The van der Waals surface area contributed by atoms with E-state index < -0.39 is 5.91 Å². The van der Waals surface area contributed by atoms with Crippen LogP contribution >= 0.6 is 0 Å². The van der Waals surface area contributed by atoms with Crippen LogP contribution in [0.2, 0.25) is 0 Å². The van der Waals surface area contributed by atoms with Crippen molar-refractivity contribution in [3.63, 3.8) is 0 Å². The second-order valence-corrected chi connectivity index (χ2v) is 5.70. The van der Waals surface area contributed by atoms with Gasteiger partial charge in [-0.3, -0.25) is 14.5 Å². The first kappa shape index (κ1) is 15.5. The largest absolute Gasteiger partial charge is 0.366 e. The van der Waals surface area contributed by atoms with Crippen molar-refractivity contribution in [2.45, 2.75) is 38.1 Å². The molecular formula is C16H23N3O2. The standard InChI is InChI=1S/C16H23N3O2/c1-19(14-8-3-2-4-9-14)11-15(20)18-13-7-5-6-12(10-13)16(17)21/h5-7,10,14H,2-4,8-9,11H2,1H3,(H2,17,21)(H,18,20). The van der Waals surface area contributed by atoms with Crippen molar-refractivity contribution in [1.82, 2.24) is 4.90 Å². The number of nitrogens with zero attached hydrogens (tertiary/aromatic N) is 1. The number of nitrogens with one attached hydrogen (secondary N) is 1. The molecule has 1 aromatic rings. The van der Waals surface area contributed by atoms with E-state index in [0.29, 0.717) is 23.8 Å². The molecular weight excluding hydrogens is 266 g/mol. The lowest BCUT2D eigenvalue weighted by molar-refractivity contribution is -0.117. The van der Waals surface area contributed by atoms with Crippen molar-refractivity contribution < 1.29 is 9.59 Å². The highest BCUT2D eigenvalue weighted by molar-refractivity contribution is 5.96. The minimum Gasteiger partial charge on any atom is -0.366 e. The number of anilines is 1. The second-order valence-electron chi connectivity index (χ2n) is 5.70. The Morgan fingerprint density at radius 2 is 2.00 bits per heavy atom. The number of carbonyl (C=O) groups excluding carboxylic acids is 2. The van der Waals surface area contributed by atoms with Crippen LogP contribution in [0.15, 0.2) is 24.3 Å². The Bertz CT molecular complexity index is 510. The molecule has 0 saturated heterocycles. The number of rotatable bonds is 5. The van der Waals surface area contributed by atoms with E-state index in [1.165, 1.54) is 32.1 Å². The van der Waals surface area contributed by atoms with Gasteiger partial charge in [0, 0.05) is 17.3 Å². The van der Waals surface area contributed by atoms with Crippen LogP contribution in [-0.4, -0.2) is 36.3 Å². The smallest absolute Gasteiger partial charge is 0.248 e. The topological polar surface area (TPSA) is 75.4 Å². The van der Waals surface area contributed by atoms with Gasteiger partial charge in [-0.25, -0.2) is 0 Å². The van der Waals surface area contributed by atoms with Crippen LogP contribution < -0.4 is 11.1 Å². The summed E-state index contributed by atoms with van der Waals surface area (Å²) in [5.74, 6) is -0.560. The van der Waals surface area contributed by atoms with E-state index in [9.17, 15) is 9.59 Å². The molecule has 0 heterocycles. The van der Waals surface area contributed by atoms with E-state index in [0.717, 1.165) is 0 Å². The summed E-state index contributed by atoms with van der Waals surface area (Å²) in [7, 11) is 2.00. The SMILES string of the molecule is CN(CC(=O)Nc1cccc(C(N)=O)c1)C1CCCCC1. The lowest BCUT2D eigenvalue weighted by atomic mass is 9.94. The molecule has 0 spiro atoms. The Kier molecular flexibility index (Phi) is 5.33. The van der Waals surface area contributed by atoms with Gasteiger partial charge >= 0.3 is 0 Å². The lowest BCUT2D eigenvalue weighted by Crippen LogP contribution is -2.39. The van der Waals surface area contributed by atoms with Gasteiger partial charge in [0.25, 0.3) is 0 Å². The molecule has 0 atom stereocenters. The highest BCUT2D eigenvalue weighted by atomic mass is 16.2. The Balaban J connectivity index is 1.89. The average Bonchev–Trinajstić information content (AvgIpc) is 2.48. The summed E-state index contributed by atoms with van der Waals surface area (Å²) in [6.45, 7) is 0.367. The molecule has 1 aliphatic carbocycles. The summed E-state index contributed by atoms with van der Waals surface area (Å²) in [5, 5.41) is 2.82. The van der Waals surface area contributed by atoms with Crippen molar-refractivity contribution in [2.24, 2.45) is 5.73 Å². The van der Waals surface area contributed by atoms with E-state index >= 15 is 0 Å². The first-order valence-corrected chi connectivity index (χ1v) is 7.46. The van der Waals surface area contributed by atoms with Crippen molar-refractivity contribution in [3.8, 4) is 0 Å². The molecule has 3 N–H and O–H groups in total. The van der Waals surface area contributed by atoms with Crippen LogP contribution in [-0.2, 0) is 4.79 Å². The van der Waals surface area contributed by atoms with E-state index in [1.54, 1.807) is 24.3 Å². The number of hydrogen-bond donors (Lipinski definition) is 2. The van der Waals surface area contributed by atoms with E-state index in [1.807, 2.05) is 7.05 Å². The molecule has 5 nitrogen and oxygen atoms in total. The second kappa shape index (κ2) is 7.22. The van der Waals surface area contributed by atoms with Gasteiger partial charge in [0.1, 0.15) is 0 Å². The first-order valence-electron chi connectivity index (χ1n) is 7.46. The molecule has 1 aromatic carbocycles. The Hall–Kier alpha value is -1.88. The number of likely N-dealkylation sites (N-methyl/N-ethyl adjacent to an activating group) is 1. The molecule has 2 rings (SSSR count). The third-order valence-corrected chi connectivity index (χ3v) is 4.02. The van der Waals surface area contributed by atoms with E-state index in [-0.39, 0.29) is 5.91 Å². The number of primary amides is 1. The van der Waals surface area contributed by atoms with Gasteiger partial charge in [0.2, 0.25) is 11.8 Å². The molecule has 2 amide bonds. The molecule has 114 valence electrons. The van der Waals surface area contributed by atoms with Gasteiger partial charge in [-0.2, -0.15) is 0 Å². The summed E-state index contributed by atoms with van der Waals surface area (Å²) >= 11 is 0. The van der Waals surface area contributed by atoms with E-state index in [4.69, 9.17) is 5.73 Å². The minimum atomic E-state index is -0.495. The lowest BCUT2D eigenvalue weighted by Gasteiger charge is -2.30. The van der Waals surface area contributed by atoms with Crippen LogP contribution in [0.4, 0.5) is 5.69 Å². The number of carbonyl (C=O) groups is 2. The highest BCUT2D eigenvalue weighted by Gasteiger charge is 2.19. The number of amides is 2. The van der Waals surface area contributed by atoms with Crippen molar-refractivity contribution in [3.05, 3.63) is 29.8 Å². The summed E-state index contributed by atoms with van der Waals surface area (Å²) < 4.78 is 0. The quantitative estimate of drug-likeness (QED) is 0.870. The van der Waals surface area contributed by atoms with Gasteiger partial charge in [-0.1, -0.05) is 25.3 Å². The number of hydrogen-bond acceptors (Lipinski definition) is 3. The van der Waals surface area contributed by atoms with Crippen LogP contribution in [0.25, 0.3) is 0 Å². The predicted octanol–water partition coefficient (Wildman–Crippen LogP) is 1.99. The molecule has 1 aliphatic rings. The van der Waals surface area contributed by atoms with Crippen molar-refractivity contribution in [1.29, 1.82) is 0 Å². The maximum absolute atomic E-state index is 12.1. The van der Waals surface area contributed by atoms with Gasteiger partial charge in [-0.15, -0.1) is 0 Å². The van der Waals surface area contributed by atoms with Crippen LogP contribution in [0.1, 0.15) is 42.5 Å². The highest BCUT2D eigenvalue weighted by Crippen LogP contribution is 2.21. The van der Waals surface area contributed by atoms with Crippen molar-refractivity contribution >= 4 is 17.5 Å². The van der Waals surface area contributed by atoms with Gasteiger partial charge in [-0.05, 0) is 38.1 Å². The molecule has 0 aromatic heterocycles. The maximum Gasteiger partial charge on any atom is 0.248 e. The molecule has 5 heteroatoms. The molecule has 1 fully saturated rings. The monoisotopic (exact) mass is 289 g/mol. The summed E-state index contributed by atoms with van der Waals surface area (Å²) in [5.41, 5.74) is 6.23. The van der Waals surface area contributed by atoms with Gasteiger partial charge in [0.15, 0.2) is 0 Å². The number of benzene rings is 1.